The maximum atomic E-state index is 13.1. The molecule has 2 aromatic carbocycles. The van der Waals surface area contributed by atoms with E-state index >= 15 is 0 Å². The van der Waals surface area contributed by atoms with E-state index < -0.39 is 17.8 Å². The second kappa shape index (κ2) is 9.91. The van der Waals surface area contributed by atoms with Gasteiger partial charge in [0.25, 0.3) is 5.91 Å². The number of rotatable bonds is 8. The summed E-state index contributed by atoms with van der Waals surface area (Å²) < 4.78 is 24.3. The number of halogens is 2. The van der Waals surface area contributed by atoms with E-state index in [1.54, 1.807) is 24.3 Å². The highest BCUT2D eigenvalue weighted by atomic mass is 79.9. The molecule has 2 aromatic rings. The van der Waals surface area contributed by atoms with Crippen molar-refractivity contribution < 1.29 is 23.5 Å². The predicted molar refractivity (Wildman–Crippen MR) is 103 cm³/mol. The zero-order valence-electron chi connectivity index (χ0n) is 14.9. The summed E-state index contributed by atoms with van der Waals surface area (Å²) in [5.41, 5.74) is 0.595. The fourth-order valence-corrected chi connectivity index (χ4v) is 2.58. The molecule has 0 aliphatic rings. The molecule has 0 radical (unpaired) electrons. The first-order valence-corrected chi connectivity index (χ1v) is 9.10. The normalized spacial score (nSPS) is 11.4. The van der Waals surface area contributed by atoms with Crippen LogP contribution < -0.4 is 20.1 Å². The number of amides is 2. The van der Waals surface area contributed by atoms with Gasteiger partial charge in [-0.15, -0.1) is 0 Å². The number of benzene rings is 2. The van der Waals surface area contributed by atoms with Gasteiger partial charge in [-0.2, -0.15) is 0 Å². The van der Waals surface area contributed by atoms with Crippen LogP contribution in [-0.2, 0) is 9.59 Å². The molecule has 144 valence electrons. The minimum atomic E-state index is -0.856. The highest BCUT2D eigenvalue weighted by molar-refractivity contribution is 9.10. The maximum absolute atomic E-state index is 13.1. The lowest BCUT2D eigenvalue weighted by Gasteiger charge is -2.15. The van der Waals surface area contributed by atoms with Gasteiger partial charge in [0.2, 0.25) is 5.91 Å². The Bertz CT molecular complexity index is 799. The summed E-state index contributed by atoms with van der Waals surface area (Å²) in [6.45, 7) is 3.78. The van der Waals surface area contributed by atoms with E-state index in [4.69, 9.17) is 9.47 Å². The first-order valence-electron chi connectivity index (χ1n) is 8.31. The van der Waals surface area contributed by atoms with Crippen molar-refractivity contribution >= 4 is 33.4 Å². The van der Waals surface area contributed by atoms with Crippen molar-refractivity contribution in [2.24, 2.45) is 0 Å². The molecule has 0 aliphatic carbocycles. The zero-order valence-corrected chi connectivity index (χ0v) is 16.5. The first kappa shape index (κ1) is 20.7. The average molecular weight is 439 g/mol. The molecule has 0 aromatic heterocycles. The van der Waals surface area contributed by atoms with E-state index in [0.29, 0.717) is 28.3 Å². The van der Waals surface area contributed by atoms with Crippen LogP contribution in [-0.4, -0.2) is 31.1 Å². The van der Waals surface area contributed by atoms with Crippen LogP contribution in [0.15, 0.2) is 46.9 Å². The second-order valence-electron chi connectivity index (χ2n) is 5.56. The first-order chi connectivity index (χ1) is 12.9. The Morgan fingerprint density at radius 2 is 1.89 bits per heavy atom. The van der Waals surface area contributed by atoms with E-state index in [1.165, 1.54) is 25.1 Å². The third-order valence-corrected chi connectivity index (χ3v) is 4.06. The molecule has 2 rings (SSSR count). The molecule has 0 heterocycles. The van der Waals surface area contributed by atoms with Crippen molar-refractivity contribution in [2.45, 2.75) is 20.0 Å². The molecular weight excluding hydrogens is 419 g/mol. The van der Waals surface area contributed by atoms with Gasteiger partial charge in [-0.3, -0.25) is 9.59 Å². The van der Waals surface area contributed by atoms with Crippen LogP contribution in [0.1, 0.15) is 13.8 Å². The van der Waals surface area contributed by atoms with Crippen LogP contribution in [0.3, 0.4) is 0 Å². The highest BCUT2D eigenvalue weighted by Gasteiger charge is 2.17. The van der Waals surface area contributed by atoms with E-state index in [9.17, 15) is 14.0 Å². The monoisotopic (exact) mass is 438 g/mol. The van der Waals surface area contributed by atoms with E-state index in [1.807, 2.05) is 6.92 Å². The fraction of sp³-hybridized carbons (Fsp3) is 0.263. The average Bonchev–Trinajstić information content (AvgIpc) is 2.63. The Kier molecular flexibility index (Phi) is 7.60. The summed E-state index contributed by atoms with van der Waals surface area (Å²) in [7, 11) is 0. The topological polar surface area (TPSA) is 76.7 Å². The summed E-state index contributed by atoms with van der Waals surface area (Å²) in [5.74, 6) is -0.215. The van der Waals surface area contributed by atoms with Crippen LogP contribution in [0, 0.1) is 5.82 Å². The van der Waals surface area contributed by atoms with Crippen LogP contribution >= 0.6 is 15.9 Å². The molecule has 0 bridgehead atoms. The predicted octanol–water partition coefficient (Wildman–Crippen LogP) is 3.51. The summed E-state index contributed by atoms with van der Waals surface area (Å²) in [6.07, 6.45) is -0.856. The number of carbonyl (C=O) groups excluding carboxylic acids is 2. The molecule has 27 heavy (non-hydrogen) atoms. The third-order valence-electron chi connectivity index (χ3n) is 3.44. The number of hydrogen-bond acceptors (Lipinski definition) is 4. The van der Waals surface area contributed by atoms with Crippen molar-refractivity contribution in [1.29, 1.82) is 0 Å². The SMILES string of the molecule is CCOc1ccc(NC(=O)CNC(=O)C(C)Oc2ccc(F)cc2Br)cc1. The molecule has 0 saturated heterocycles. The van der Waals surface area contributed by atoms with Crippen LogP contribution in [0.25, 0.3) is 0 Å². The van der Waals surface area contributed by atoms with Gasteiger partial charge >= 0.3 is 0 Å². The Morgan fingerprint density at radius 3 is 2.52 bits per heavy atom. The summed E-state index contributed by atoms with van der Waals surface area (Å²) >= 11 is 3.17. The Morgan fingerprint density at radius 1 is 1.19 bits per heavy atom. The van der Waals surface area contributed by atoms with Crippen molar-refractivity contribution in [1.82, 2.24) is 5.32 Å². The third kappa shape index (κ3) is 6.56. The second-order valence-corrected chi connectivity index (χ2v) is 6.41. The molecule has 0 aliphatic heterocycles. The molecule has 0 spiro atoms. The summed E-state index contributed by atoms with van der Waals surface area (Å²) in [5, 5.41) is 5.17. The number of hydrogen-bond donors (Lipinski definition) is 2. The number of carbonyl (C=O) groups is 2. The van der Waals surface area contributed by atoms with Crippen molar-refractivity contribution in [3.63, 3.8) is 0 Å². The standard InChI is InChI=1S/C19H20BrFN2O4/c1-3-26-15-7-5-14(6-8-15)23-18(24)11-22-19(25)12(2)27-17-9-4-13(21)10-16(17)20/h4-10,12H,3,11H2,1-2H3,(H,22,25)(H,23,24). The van der Waals surface area contributed by atoms with Gasteiger partial charge in [-0.05, 0) is 72.2 Å². The zero-order chi connectivity index (χ0) is 19.8. The van der Waals surface area contributed by atoms with Crippen LogP contribution in [0.2, 0.25) is 0 Å². The summed E-state index contributed by atoms with van der Waals surface area (Å²) in [4.78, 5) is 24.0. The molecular formula is C19H20BrFN2O4. The molecule has 0 fully saturated rings. The van der Waals surface area contributed by atoms with Gasteiger partial charge < -0.3 is 20.1 Å². The van der Waals surface area contributed by atoms with Crippen molar-refractivity contribution in [3.05, 3.63) is 52.8 Å². The summed E-state index contributed by atoms with van der Waals surface area (Å²) in [6, 6.07) is 10.8. The largest absolute Gasteiger partial charge is 0.494 e. The molecule has 0 saturated carbocycles. The number of ether oxygens (including phenoxy) is 2. The Labute approximate surface area is 165 Å². The van der Waals surface area contributed by atoms with Crippen molar-refractivity contribution in [3.8, 4) is 11.5 Å². The van der Waals surface area contributed by atoms with E-state index in [2.05, 4.69) is 26.6 Å². The van der Waals surface area contributed by atoms with Gasteiger partial charge in [0.1, 0.15) is 17.3 Å². The smallest absolute Gasteiger partial charge is 0.261 e. The molecule has 2 amide bonds. The Balaban J connectivity index is 1.80. The molecule has 1 unspecified atom stereocenters. The van der Waals surface area contributed by atoms with Crippen LogP contribution in [0.4, 0.5) is 10.1 Å². The van der Waals surface area contributed by atoms with Gasteiger partial charge in [-0.25, -0.2) is 4.39 Å². The fourth-order valence-electron chi connectivity index (χ4n) is 2.13. The lowest BCUT2D eigenvalue weighted by Crippen LogP contribution is -2.40. The van der Waals surface area contributed by atoms with Crippen molar-refractivity contribution in [2.75, 3.05) is 18.5 Å². The number of anilines is 1. The quantitative estimate of drug-likeness (QED) is 0.660. The minimum absolute atomic E-state index is 0.204. The van der Waals surface area contributed by atoms with E-state index in [0.717, 1.165) is 0 Å². The van der Waals surface area contributed by atoms with E-state index in [-0.39, 0.29) is 12.5 Å². The molecule has 1 atom stereocenters. The lowest BCUT2D eigenvalue weighted by atomic mass is 10.3. The van der Waals surface area contributed by atoms with Crippen LogP contribution in [0.5, 0.6) is 11.5 Å². The van der Waals surface area contributed by atoms with Gasteiger partial charge in [0, 0.05) is 5.69 Å². The van der Waals surface area contributed by atoms with Gasteiger partial charge in [-0.1, -0.05) is 0 Å². The van der Waals surface area contributed by atoms with Gasteiger partial charge in [0.05, 0.1) is 17.6 Å². The minimum Gasteiger partial charge on any atom is -0.494 e. The molecule has 2 N–H and O–H groups in total. The maximum Gasteiger partial charge on any atom is 0.261 e. The molecule has 8 heteroatoms. The lowest BCUT2D eigenvalue weighted by molar-refractivity contribution is -0.129. The van der Waals surface area contributed by atoms with Gasteiger partial charge in [0.15, 0.2) is 6.10 Å². The highest BCUT2D eigenvalue weighted by Crippen LogP contribution is 2.26. The number of nitrogens with one attached hydrogen (secondary N) is 2. The molecule has 6 nitrogen and oxygen atoms in total. The Hall–Kier alpha value is -2.61.